The Kier molecular flexibility index (Phi) is 3.78. The number of nitrogens with two attached hydrogens (primary N) is 1. The van der Waals surface area contributed by atoms with Crippen molar-refractivity contribution in [1.29, 1.82) is 0 Å². The van der Waals surface area contributed by atoms with Gasteiger partial charge < -0.3 is 16.0 Å². The predicted molar refractivity (Wildman–Crippen MR) is 68.9 cm³/mol. The number of nitrogens with zero attached hydrogens (tertiary/aromatic N) is 1. The monoisotopic (exact) mass is 253 g/mol. The van der Waals surface area contributed by atoms with E-state index in [-0.39, 0.29) is 11.4 Å². The Morgan fingerprint density at radius 2 is 1.78 bits per heavy atom. The smallest absolute Gasteiger partial charge is 0.312 e. The second-order valence-electron chi connectivity index (χ2n) is 5.63. The molecule has 0 aromatic rings. The zero-order valence-electron chi connectivity index (χ0n) is 11.1. The lowest BCUT2D eigenvalue weighted by Crippen LogP contribution is -2.56. The highest BCUT2D eigenvalue weighted by Crippen LogP contribution is 2.40. The number of carbonyl (C=O) groups is 2. The van der Waals surface area contributed by atoms with Gasteiger partial charge in [-0.15, -0.1) is 0 Å². The summed E-state index contributed by atoms with van der Waals surface area (Å²) in [6, 6.07) is -0.411. The normalized spacial score (nSPS) is 23.9. The van der Waals surface area contributed by atoms with Crippen molar-refractivity contribution in [3.63, 3.8) is 0 Å². The van der Waals surface area contributed by atoms with E-state index in [2.05, 4.69) is 5.32 Å². The number of primary amides is 1. The van der Waals surface area contributed by atoms with E-state index in [4.69, 9.17) is 5.73 Å². The van der Waals surface area contributed by atoms with Crippen molar-refractivity contribution in [1.82, 2.24) is 10.2 Å². The van der Waals surface area contributed by atoms with Gasteiger partial charge in [-0.2, -0.15) is 0 Å². The van der Waals surface area contributed by atoms with Crippen molar-refractivity contribution in [2.45, 2.75) is 51.0 Å². The van der Waals surface area contributed by atoms with Crippen LogP contribution in [0.5, 0.6) is 0 Å². The summed E-state index contributed by atoms with van der Waals surface area (Å²) in [4.78, 5) is 24.4. The minimum Gasteiger partial charge on any atom is -0.352 e. The summed E-state index contributed by atoms with van der Waals surface area (Å²) in [7, 11) is 0. The number of piperidine rings is 1. The molecule has 5 nitrogen and oxygen atoms in total. The SMILES string of the molecule is CC(=O)N1CCC(C2(NC(N)=O)CCCC2)CC1. The van der Waals surface area contributed by atoms with Crippen molar-refractivity contribution in [3.05, 3.63) is 0 Å². The highest BCUT2D eigenvalue weighted by Gasteiger charge is 2.43. The van der Waals surface area contributed by atoms with Gasteiger partial charge in [0.1, 0.15) is 0 Å². The van der Waals surface area contributed by atoms with Gasteiger partial charge in [-0.1, -0.05) is 12.8 Å². The van der Waals surface area contributed by atoms with Crippen molar-refractivity contribution >= 4 is 11.9 Å². The molecule has 102 valence electrons. The van der Waals surface area contributed by atoms with Crippen molar-refractivity contribution in [3.8, 4) is 0 Å². The molecule has 0 aromatic heterocycles. The molecule has 3 N–H and O–H groups in total. The summed E-state index contributed by atoms with van der Waals surface area (Å²) in [6.07, 6.45) is 6.32. The van der Waals surface area contributed by atoms with Crippen LogP contribution >= 0.6 is 0 Å². The van der Waals surface area contributed by atoms with Crippen LogP contribution in [-0.4, -0.2) is 35.5 Å². The van der Waals surface area contributed by atoms with Gasteiger partial charge in [0.15, 0.2) is 0 Å². The largest absolute Gasteiger partial charge is 0.352 e. The fourth-order valence-corrected chi connectivity index (χ4v) is 3.63. The third kappa shape index (κ3) is 2.60. The van der Waals surface area contributed by atoms with E-state index in [1.54, 1.807) is 6.92 Å². The topological polar surface area (TPSA) is 75.4 Å². The first-order valence-corrected chi connectivity index (χ1v) is 6.87. The molecule has 1 aliphatic carbocycles. The summed E-state index contributed by atoms with van der Waals surface area (Å²) in [5.74, 6) is 0.611. The second-order valence-corrected chi connectivity index (χ2v) is 5.63. The fourth-order valence-electron chi connectivity index (χ4n) is 3.63. The molecule has 0 aromatic carbocycles. The summed E-state index contributed by atoms with van der Waals surface area (Å²) < 4.78 is 0. The van der Waals surface area contributed by atoms with Crippen LogP contribution in [0.4, 0.5) is 4.79 Å². The van der Waals surface area contributed by atoms with E-state index in [0.29, 0.717) is 5.92 Å². The lowest BCUT2D eigenvalue weighted by atomic mass is 9.76. The molecule has 5 heteroatoms. The number of likely N-dealkylation sites (tertiary alicyclic amines) is 1. The van der Waals surface area contributed by atoms with Crippen LogP contribution in [0, 0.1) is 5.92 Å². The van der Waals surface area contributed by atoms with Gasteiger partial charge in [-0.3, -0.25) is 4.79 Å². The lowest BCUT2D eigenvalue weighted by molar-refractivity contribution is -0.130. The molecule has 3 amide bonds. The van der Waals surface area contributed by atoms with Gasteiger partial charge >= 0.3 is 6.03 Å². The first kappa shape index (κ1) is 13.2. The van der Waals surface area contributed by atoms with Crippen LogP contribution in [0.15, 0.2) is 0 Å². The second kappa shape index (κ2) is 5.16. The molecular weight excluding hydrogens is 230 g/mol. The standard InChI is InChI=1S/C13H23N3O2/c1-10(17)16-8-4-11(5-9-16)13(15-12(14)18)6-2-3-7-13/h11H,2-9H2,1H3,(H3,14,15,18). The number of nitrogens with one attached hydrogen (secondary N) is 1. The summed E-state index contributed by atoms with van der Waals surface area (Å²) in [5.41, 5.74) is 5.22. The van der Waals surface area contributed by atoms with E-state index in [0.717, 1.165) is 51.6 Å². The van der Waals surface area contributed by atoms with Crippen LogP contribution < -0.4 is 11.1 Å². The van der Waals surface area contributed by atoms with Crippen LogP contribution in [-0.2, 0) is 4.79 Å². The number of hydrogen-bond donors (Lipinski definition) is 2. The average Bonchev–Trinajstić information content (AvgIpc) is 2.78. The molecule has 0 unspecified atom stereocenters. The molecule has 2 fully saturated rings. The summed E-state index contributed by atoms with van der Waals surface area (Å²) in [6.45, 7) is 3.23. The number of urea groups is 1. The minimum absolute atomic E-state index is 0.102. The lowest BCUT2D eigenvalue weighted by Gasteiger charge is -2.42. The van der Waals surface area contributed by atoms with Crippen molar-refractivity contribution in [2.24, 2.45) is 11.7 Å². The maximum absolute atomic E-state index is 11.3. The average molecular weight is 253 g/mol. The first-order valence-electron chi connectivity index (χ1n) is 6.87. The van der Waals surface area contributed by atoms with Gasteiger partial charge in [0.2, 0.25) is 5.91 Å². The summed E-state index contributed by atoms with van der Waals surface area (Å²) in [5, 5.41) is 3.00. The van der Waals surface area contributed by atoms with Crippen LogP contribution in [0.25, 0.3) is 0 Å². The van der Waals surface area contributed by atoms with Crippen LogP contribution in [0.3, 0.4) is 0 Å². The van der Waals surface area contributed by atoms with Crippen molar-refractivity contribution in [2.75, 3.05) is 13.1 Å². The molecule has 0 bridgehead atoms. The Morgan fingerprint density at radius 1 is 1.22 bits per heavy atom. The molecule has 0 spiro atoms. The highest BCUT2D eigenvalue weighted by atomic mass is 16.2. The number of amides is 3. The molecule has 2 aliphatic rings. The van der Waals surface area contributed by atoms with E-state index < -0.39 is 6.03 Å². The van der Waals surface area contributed by atoms with E-state index in [1.165, 1.54) is 0 Å². The molecule has 1 aliphatic heterocycles. The zero-order valence-corrected chi connectivity index (χ0v) is 11.1. The maximum Gasteiger partial charge on any atom is 0.312 e. The van der Waals surface area contributed by atoms with E-state index >= 15 is 0 Å². The number of rotatable bonds is 2. The molecule has 1 saturated heterocycles. The van der Waals surface area contributed by atoms with Gasteiger partial charge in [0.05, 0.1) is 0 Å². The molecule has 0 atom stereocenters. The van der Waals surface area contributed by atoms with E-state index in [9.17, 15) is 9.59 Å². The molecule has 0 radical (unpaired) electrons. The Morgan fingerprint density at radius 3 is 2.22 bits per heavy atom. The molecule has 1 heterocycles. The quantitative estimate of drug-likeness (QED) is 0.776. The number of carbonyl (C=O) groups excluding carboxylic acids is 2. The molecular formula is C13H23N3O2. The minimum atomic E-state index is -0.411. The fraction of sp³-hybridized carbons (Fsp3) is 0.846. The van der Waals surface area contributed by atoms with Crippen molar-refractivity contribution < 1.29 is 9.59 Å². The molecule has 1 saturated carbocycles. The summed E-state index contributed by atoms with van der Waals surface area (Å²) >= 11 is 0. The third-order valence-electron chi connectivity index (χ3n) is 4.59. The Hall–Kier alpha value is -1.26. The zero-order chi connectivity index (χ0) is 13.2. The Balaban J connectivity index is 2.01. The van der Waals surface area contributed by atoms with Gasteiger partial charge in [0, 0.05) is 25.6 Å². The number of hydrogen-bond acceptors (Lipinski definition) is 2. The molecule has 18 heavy (non-hydrogen) atoms. The first-order chi connectivity index (χ1) is 8.53. The predicted octanol–water partition coefficient (Wildman–Crippen LogP) is 1.23. The Bertz CT molecular complexity index is 329. The highest BCUT2D eigenvalue weighted by molar-refractivity contribution is 5.73. The maximum atomic E-state index is 11.3. The van der Waals surface area contributed by atoms with Gasteiger partial charge in [-0.05, 0) is 31.6 Å². The van der Waals surface area contributed by atoms with Gasteiger partial charge in [0.25, 0.3) is 0 Å². The molecule has 2 rings (SSSR count). The van der Waals surface area contributed by atoms with E-state index in [1.807, 2.05) is 4.90 Å². The Labute approximate surface area is 108 Å². The third-order valence-corrected chi connectivity index (χ3v) is 4.59. The van der Waals surface area contributed by atoms with Crippen LogP contribution in [0.2, 0.25) is 0 Å². The van der Waals surface area contributed by atoms with Crippen LogP contribution in [0.1, 0.15) is 45.4 Å². The van der Waals surface area contributed by atoms with Gasteiger partial charge in [-0.25, -0.2) is 4.79 Å².